The molecule has 56 valence electrons. The Morgan fingerprint density at radius 2 is 2.60 bits per heavy atom. The van der Waals surface area contributed by atoms with E-state index in [0.717, 1.165) is 26.2 Å². The highest BCUT2D eigenvalue weighted by molar-refractivity contribution is 4.87. The Bertz CT molecular complexity index is 133. The standard InChI is InChI=1S/C7H12N2O/c1-2-7(10-5-1)9-4-3-8-6-9/h1,5,7-8H,2-4,6H2. The highest BCUT2D eigenvalue weighted by Gasteiger charge is 2.22. The van der Waals surface area contributed by atoms with Crippen LogP contribution in [0.25, 0.3) is 0 Å². The van der Waals surface area contributed by atoms with Crippen LogP contribution in [-0.2, 0) is 4.74 Å². The molecule has 2 aliphatic rings. The van der Waals surface area contributed by atoms with E-state index in [2.05, 4.69) is 16.3 Å². The number of hydrogen-bond acceptors (Lipinski definition) is 3. The molecule has 2 aliphatic heterocycles. The van der Waals surface area contributed by atoms with Crippen molar-refractivity contribution in [1.82, 2.24) is 10.2 Å². The molecule has 10 heavy (non-hydrogen) atoms. The van der Waals surface area contributed by atoms with Crippen molar-refractivity contribution < 1.29 is 4.74 Å². The number of ether oxygens (including phenoxy) is 1. The van der Waals surface area contributed by atoms with Crippen LogP contribution in [0.2, 0.25) is 0 Å². The molecule has 0 amide bonds. The Kier molecular flexibility index (Phi) is 1.61. The molecule has 0 spiro atoms. The molecule has 3 nitrogen and oxygen atoms in total. The Hall–Kier alpha value is -0.540. The Morgan fingerprint density at radius 1 is 1.60 bits per heavy atom. The number of nitrogens with one attached hydrogen (secondary N) is 1. The second-order valence-corrected chi connectivity index (χ2v) is 2.67. The zero-order valence-electron chi connectivity index (χ0n) is 5.92. The van der Waals surface area contributed by atoms with Gasteiger partial charge in [-0.3, -0.25) is 4.90 Å². The van der Waals surface area contributed by atoms with E-state index in [4.69, 9.17) is 4.74 Å². The Balaban J connectivity index is 1.87. The predicted octanol–water partition coefficient (Wildman–Crippen LogP) is 0.109. The summed E-state index contributed by atoms with van der Waals surface area (Å²) in [5, 5.41) is 3.27. The molecule has 2 rings (SSSR count). The summed E-state index contributed by atoms with van der Waals surface area (Å²) in [4.78, 5) is 2.31. The zero-order chi connectivity index (χ0) is 6.81. The van der Waals surface area contributed by atoms with E-state index in [-0.39, 0.29) is 0 Å². The lowest BCUT2D eigenvalue weighted by Crippen LogP contribution is -2.33. The van der Waals surface area contributed by atoms with Crippen molar-refractivity contribution in [1.29, 1.82) is 0 Å². The van der Waals surface area contributed by atoms with E-state index >= 15 is 0 Å². The van der Waals surface area contributed by atoms with Crippen molar-refractivity contribution in [2.45, 2.75) is 12.6 Å². The first-order valence-corrected chi connectivity index (χ1v) is 3.72. The van der Waals surface area contributed by atoms with Gasteiger partial charge in [0.05, 0.1) is 12.9 Å². The molecule has 0 bridgehead atoms. The average Bonchev–Trinajstić information content (AvgIpc) is 2.59. The minimum Gasteiger partial charge on any atom is -0.483 e. The zero-order valence-corrected chi connectivity index (χ0v) is 5.92. The normalized spacial score (nSPS) is 33.0. The molecule has 0 aromatic rings. The molecule has 0 aliphatic carbocycles. The van der Waals surface area contributed by atoms with Crippen molar-refractivity contribution in [3.63, 3.8) is 0 Å². The molecule has 1 atom stereocenters. The maximum Gasteiger partial charge on any atom is 0.156 e. The second kappa shape index (κ2) is 2.60. The molecule has 1 N–H and O–H groups in total. The molecule has 3 heteroatoms. The van der Waals surface area contributed by atoms with Crippen molar-refractivity contribution >= 4 is 0 Å². The quantitative estimate of drug-likeness (QED) is 0.559. The summed E-state index contributed by atoms with van der Waals surface area (Å²) in [6.07, 6.45) is 5.23. The van der Waals surface area contributed by atoms with Crippen LogP contribution < -0.4 is 5.32 Å². The molecular formula is C7H12N2O. The van der Waals surface area contributed by atoms with Crippen LogP contribution in [0.5, 0.6) is 0 Å². The van der Waals surface area contributed by atoms with Gasteiger partial charge in [0.2, 0.25) is 0 Å². The van der Waals surface area contributed by atoms with Crippen molar-refractivity contribution in [2.75, 3.05) is 19.8 Å². The lowest BCUT2D eigenvalue weighted by molar-refractivity contribution is 0.0245. The lowest BCUT2D eigenvalue weighted by Gasteiger charge is -2.21. The van der Waals surface area contributed by atoms with Crippen LogP contribution in [0.3, 0.4) is 0 Å². The van der Waals surface area contributed by atoms with Gasteiger partial charge in [0.25, 0.3) is 0 Å². The van der Waals surface area contributed by atoms with Gasteiger partial charge in [-0.2, -0.15) is 0 Å². The lowest BCUT2D eigenvalue weighted by atomic mass is 10.4. The maximum atomic E-state index is 5.34. The van der Waals surface area contributed by atoms with Gasteiger partial charge in [-0.05, 0) is 6.08 Å². The SMILES string of the molecule is C1=COC(N2CCNC2)C1. The van der Waals surface area contributed by atoms with E-state index in [1.165, 1.54) is 0 Å². The Morgan fingerprint density at radius 3 is 3.20 bits per heavy atom. The summed E-state index contributed by atoms with van der Waals surface area (Å²) >= 11 is 0. The van der Waals surface area contributed by atoms with Crippen LogP contribution in [0, 0.1) is 0 Å². The van der Waals surface area contributed by atoms with E-state index < -0.39 is 0 Å². The number of nitrogens with zero attached hydrogens (tertiary/aromatic N) is 1. The third-order valence-corrected chi connectivity index (χ3v) is 1.97. The van der Waals surface area contributed by atoms with Crippen LogP contribution in [0.15, 0.2) is 12.3 Å². The molecule has 2 heterocycles. The highest BCUT2D eigenvalue weighted by atomic mass is 16.5. The minimum absolute atomic E-state index is 0.315. The number of rotatable bonds is 1. The van der Waals surface area contributed by atoms with Crippen LogP contribution in [0.4, 0.5) is 0 Å². The second-order valence-electron chi connectivity index (χ2n) is 2.67. The van der Waals surface area contributed by atoms with Gasteiger partial charge in [-0.1, -0.05) is 0 Å². The molecule has 1 saturated heterocycles. The first-order valence-electron chi connectivity index (χ1n) is 3.72. The molecule has 1 unspecified atom stereocenters. The molecular weight excluding hydrogens is 128 g/mol. The smallest absolute Gasteiger partial charge is 0.156 e. The first-order chi connectivity index (χ1) is 4.97. The first kappa shape index (κ1) is 6.19. The van der Waals surface area contributed by atoms with Crippen LogP contribution in [-0.4, -0.2) is 30.9 Å². The molecule has 0 aromatic carbocycles. The van der Waals surface area contributed by atoms with Gasteiger partial charge in [0.15, 0.2) is 6.23 Å². The summed E-state index contributed by atoms with van der Waals surface area (Å²) in [5.74, 6) is 0. The van der Waals surface area contributed by atoms with E-state index in [1.54, 1.807) is 6.26 Å². The summed E-state index contributed by atoms with van der Waals surface area (Å²) < 4.78 is 5.34. The summed E-state index contributed by atoms with van der Waals surface area (Å²) in [6, 6.07) is 0. The van der Waals surface area contributed by atoms with E-state index in [9.17, 15) is 0 Å². The van der Waals surface area contributed by atoms with Gasteiger partial charge in [0.1, 0.15) is 0 Å². The monoisotopic (exact) mass is 140 g/mol. The fraction of sp³-hybridized carbons (Fsp3) is 0.714. The molecule has 0 radical (unpaired) electrons. The van der Waals surface area contributed by atoms with Gasteiger partial charge < -0.3 is 10.1 Å². The largest absolute Gasteiger partial charge is 0.483 e. The van der Waals surface area contributed by atoms with Crippen molar-refractivity contribution in [3.05, 3.63) is 12.3 Å². The summed E-state index contributed by atoms with van der Waals surface area (Å²) in [6.45, 7) is 3.19. The molecule has 0 saturated carbocycles. The van der Waals surface area contributed by atoms with Gasteiger partial charge in [-0.15, -0.1) is 0 Å². The molecule has 0 aromatic heterocycles. The van der Waals surface area contributed by atoms with Gasteiger partial charge in [0, 0.05) is 19.5 Å². The third-order valence-electron chi connectivity index (χ3n) is 1.97. The van der Waals surface area contributed by atoms with Crippen molar-refractivity contribution in [3.8, 4) is 0 Å². The van der Waals surface area contributed by atoms with E-state index in [0.29, 0.717) is 6.23 Å². The minimum atomic E-state index is 0.315. The third kappa shape index (κ3) is 1.02. The fourth-order valence-electron chi connectivity index (χ4n) is 1.38. The predicted molar refractivity (Wildman–Crippen MR) is 38.2 cm³/mol. The molecule has 1 fully saturated rings. The summed E-state index contributed by atoms with van der Waals surface area (Å²) in [5.41, 5.74) is 0. The highest BCUT2D eigenvalue weighted by Crippen LogP contribution is 2.13. The van der Waals surface area contributed by atoms with Gasteiger partial charge >= 0.3 is 0 Å². The van der Waals surface area contributed by atoms with Crippen LogP contribution >= 0.6 is 0 Å². The number of hydrogen-bond donors (Lipinski definition) is 1. The van der Waals surface area contributed by atoms with Gasteiger partial charge in [-0.25, -0.2) is 0 Å². The topological polar surface area (TPSA) is 24.5 Å². The maximum absolute atomic E-state index is 5.34. The Labute approximate surface area is 60.7 Å². The average molecular weight is 140 g/mol. The summed E-state index contributed by atoms with van der Waals surface area (Å²) in [7, 11) is 0. The van der Waals surface area contributed by atoms with Crippen LogP contribution in [0.1, 0.15) is 6.42 Å². The fourth-order valence-corrected chi connectivity index (χ4v) is 1.38. The van der Waals surface area contributed by atoms with E-state index in [1.807, 2.05) is 0 Å². The van der Waals surface area contributed by atoms with Crippen molar-refractivity contribution in [2.24, 2.45) is 0 Å².